The molecule has 0 saturated carbocycles. The lowest BCUT2D eigenvalue weighted by atomic mass is 10.2. The molecule has 0 saturated heterocycles. The van der Waals surface area contributed by atoms with Gasteiger partial charge in [-0.05, 0) is 44.2 Å². The molecule has 0 atom stereocenters. The highest BCUT2D eigenvalue weighted by molar-refractivity contribution is 6.42. The molecule has 0 spiro atoms. The van der Waals surface area contributed by atoms with Crippen LogP contribution in [0.1, 0.15) is 28.5 Å². The van der Waals surface area contributed by atoms with Gasteiger partial charge < -0.3 is 5.11 Å². The number of halogens is 2. The third kappa shape index (κ3) is 3.81. The third-order valence-electron chi connectivity index (χ3n) is 4.07. The molecule has 0 bridgehead atoms. The van der Waals surface area contributed by atoms with Crippen LogP contribution >= 0.6 is 23.2 Å². The van der Waals surface area contributed by atoms with E-state index in [1.54, 1.807) is 44.2 Å². The number of carbonyl (C=O) groups excluding carboxylic acids is 1. The Morgan fingerprint density at radius 2 is 1.89 bits per heavy atom. The van der Waals surface area contributed by atoms with Gasteiger partial charge >= 0.3 is 0 Å². The van der Waals surface area contributed by atoms with Crippen LogP contribution in [0.25, 0.3) is 5.69 Å². The van der Waals surface area contributed by atoms with Crippen LogP contribution in [0.3, 0.4) is 0 Å². The normalized spacial score (nSPS) is 11.5. The van der Waals surface area contributed by atoms with Gasteiger partial charge in [0.25, 0.3) is 11.5 Å². The number of H-pyrrole nitrogens is 1. The number of aryl methyl sites for hydroxylation is 1. The molecule has 144 valence electrons. The number of phenolic OH excluding ortho intramolecular Hbond substituents is 1. The average molecular weight is 419 g/mol. The molecule has 1 heterocycles. The number of aromatic nitrogens is 2. The number of nitrogens with zero attached hydrogens (tertiary/aromatic N) is 2. The van der Waals surface area contributed by atoms with E-state index in [0.717, 1.165) is 0 Å². The molecule has 9 heteroatoms. The van der Waals surface area contributed by atoms with Crippen LogP contribution in [0, 0.1) is 6.92 Å². The number of amides is 1. The fourth-order valence-corrected chi connectivity index (χ4v) is 2.99. The van der Waals surface area contributed by atoms with E-state index in [0.29, 0.717) is 32.7 Å². The van der Waals surface area contributed by atoms with Gasteiger partial charge in [0.15, 0.2) is 0 Å². The van der Waals surface area contributed by atoms with Crippen molar-refractivity contribution in [3.63, 3.8) is 0 Å². The summed E-state index contributed by atoms with van der Waals surface area (Å²) in [7, 11) is 0. The number of rotatable bonds is 4. The third-order valence-corrected chi connectivity index (χ3v) is 4.81. The first-order valence-corrected chi connectivity index (χ1v) is 8.95. The number of hydrogen-bond donors (Lipinski definition) is 3. The number of benzene rings is 2. The number of phenols is 1. The Bertz CT molecular complexity index is 1150. The van der Waals surface area contributed by atoms with Crippen molar-refractivity contribution >= 4 is 34.8 Å². The van der Waals surface area contributed by atoms with E-state index in [4.69, 9.17) is 23.2 Å². The fraction of sp³-hybridized carbons (Fsp3) is 0.105. The van der Waals surface area contributed by atoms with Crippen LogP contribution in [-0.4, -0.2) is 26.5 Å². The number of hydrogen-bond acceptors (Lipinski definition) is 4. The highest BCUT2D eigenvalue weighted by Crippen LogP contribution is 2.24. The van der Waals surface area contributed by atoms with Gasteiger partial charge in [0, 0.05) is 5.69 Å². The summed E-state index contributed by atoms with van der Waals surface area (Å²) in [5.74, 6) is -0.747. The Kier molecular flexibility index (Phi) is 5.58. The fourth-order valence-electron chi connectivity index (χ4n) is 2.70. The molecular weight excluding hydrogens is 403 g/mol. The molecule has 0 unspecified atom stereocenters. The maximum atomic E-state index is 12.8. The lowest BCUT2D eigenvalue weighted by Crippen LogP contribution is -2.23. The zero-order chi connectivity index (χ0) is 20.4. The molecule has 3 aromatic rings. The van der Waals surface area contributed by atoms with Crippen molar-refractivity contribution in [3.05, 3.63) is 79.7 Å². The zero-order valence-electron chi connectivity index (χ0n) is 15.0. The second-order valence-electron chi connectivity index (χ2n) is 6.01. The van der Waals surface area contributed by atoms with Crippen LogP contribution in [0.15, 0.2) is 52.4 Å². The highest BCUT2D eigenvalue weighted by Gasteiger charge is 2.17. The molecule has 0 aliphatic carbocycles. The van der Waals surface area contributed by atoms with Gasteiger partial charge in [0.05, 0.1) is 32.6 Å². The van der Waals surface area contributed by atoms with E-state index < -0.39 is 5.91 Å². The molecule has 2 aromatic carbocycles. The highest BCUT2D eigenvalue weighted by atomic mass is 35.5. The largest absolute Gasteiger partial charge is 0.507 e. The lowest BCUT2D eigenvalue weighted by Gasteiger charge is -2.04. The monoisotopic (exact) mass is 418 g/mol. The van der Waals surface area contributed by atoms with Crippen molar-refractivity contribution in [2.24, 2.45) is 5.10 Å². The minimum Gasteiger partial charge on any atom is -0.507 e. The van der Waals surface area contributed by atoms with Crippen molar-refractivity contribution < 1.29 is 9.90 Å². The van der Waals surface area contributed by atoms with Crippen molar-refractivity contribution in [3.8, 4) is 11.4 Å². The Labute approximate surface area is 170 Å². The summed E-state index contributed by atoms with van der Waals surface area (Å²) in [6.07, 6.45) is 0. The number of nitrogens with one attached hydrogen (secondary N) is 2. The molecule has 1 amide bonds. The summed E-state index contributed by atoms with van der Waals surface area (Å²) in [4.78, 5) is 25.0. The van der Waals surface area contributed by atoms with E-state index in [1.807, 2.05) is 0 Å². The van der Waals surface area contributed by atoms with Crippen LogP contribution in [-0.2, 0) is 0 Å². The van der Waals surface area contributed by atoms with Gasteiger partial charge in [-0.25, -0.2) is 10.1 Å². The number of aromatic amines is 1. The lowest BCUT2D eigenvalue weighted by molar-refractivity contribution is 0.0952. The molecule has 1 aromatic heterocycles. The summed E-state index contributed by atoms with van der Waals surface area (Å²) in [5, 5.41) is 17.4. The number of hydrazone groups is 1. The number of aromatic hydroxyl groups is 1. The van der Waals surface area contributed by atoms with E-state index in [9.17, 15) is 14.7 Å². The van der Waals surface area contributed by atoms with E-state index >= 15 is 0 Å². The average Bonchev–Trinajstić information content (AvgIpc) is 2.96. The van der Waals surface area contributed by atoms with Crippen LogP contribution < -0.4 is 11.0 Å². The standard InChI is InChI=1S/C19H16Cl2N4O3/c1-10(22-23-18(27)13-5-3-4-6-16(13)26)17-11(2)24-25(19(17)28)12-7-8-14(20)15(21)9-12/h3-9,24,26H,1-2H3,(H,23,27)/b22-10-. The quantitative estimate of drug-likeness (QED) is 0.445. The van der Waals surface area contributed by atoms with E-state index in [2.05, 4.69) is 15.6 Å². The van der Waals surface area contributed by atoms with Crippen molar-refractivity contribution in [1.29, 1.82) is 0 Å². The number of para-hydroxylation sites is 1. The molecule has 0 fully saturated rings. The molecule has 0 radical (unpaired) electrons. The first kappa shape index (κ1) is 19.7. The van der Waals surface area contributed by atoms with Gasteiger partial charge in [0.1, 0.15) is 5.75 Å². The second-order valence-corrected chi connectivity index (χ2v) is 6.82. The second kappa shape index (κ2) is 7.92. The Balaban J connectivity index is 1.91. The molecule has 0 aliphatic heterocycles. The first-order chi connectivity index (χ1) is 13.3. The Morgan fingerprint density at radius 3 is 2.57 bits per heavy atom. The van der Waals surface area contributed by atoms with Gasteiger partial charge in [-0.15, -0.1) is 0 Å². The summed E-state index contributed by atoms with van der Waals surface area (Å²) < 4.78 is 1.32. The minimum atomic E-state index is -0.588. The summed E-state index contributed by atoms with van der Waals surface area (Å²) >= 11 is 11.9. The summed E-state index contributed by atoms with van der Waals surface area (Å²) in [5.41, 5.74) is 3.77. The maximum absolute atomic E-state index is 12.8. The van der Waals surface area contributed by atoms with E-state index in [-0.39, 0.29) is 16.9 Å². The molecule has 3 rings (SSSR count). The Hall–Kier alpha value is -3.03. The smallest absolute Gasteiger partial charge is 0.280 e. The SMILES string of the molecule is C/C(=N/NC(=O)c1ccccc1O)c1c(C)[nH]n(-c2ccc(Cl)c(Cl)c2)c1=O. The predicted molar refractivity (Wildman–Crippen MR) is 109 cm³/mol. The van der Waals surface area contributed by atoms with Crippen LogP contribution in [0.4, 0.5) is 0 Å². The van der Waals surface area contributed by atoms with Crippen molar-refractivity contribution in [2.75, 3.05) is 0 Å². The number of carbonyl (C=O) groups is 1. The van der Waals surface area contributed by atoms with Gasteiger partial charge in [0.2, 0.25) is 0 Å². The maximum Gasteiger partial charge on any atom is 0.280 e. The molecule has 28 heavy (non-hydrogen) atoms. The molecule has 0 aliphatic rings. The summed E-state index contributed by atoms with van der Waals surface area (Å²) in [6.45, 7) is 3.32. The van der Waals surface area contributed by atoms with Crippen molar-refractivity contribution in [1.82, 2.24) is 15.2 Å². The molecular formula is C19H16Cl2N4O3. The van der Waals surface area contributed by atoms with Gasteiger partial charge in [-0.3, -0.25) is 14.7 Å². The van der Waals surface area contributed by atoms with Gasteiger partial charge in [-0.2, -0.15) is 5.10 Å². The summed E-state index contributed by atoms with van der Waals surface area (Å²) in [6, 6.07) is 10.9. The first-order valence-electron chi connectivity index (χ1n) is 8.19. The van der Waals surface area contributed by atoms with E-state index in [1.165, 1.54) is 16.8 Å². The zero-order valence-corrected chi connectivity index (χ0v) is 16.5. The van der Waals surface area contributed by atoms with Crippen LogP contribution in [0.2, 0.25) is 10.0 Å². The predicted octanol–water partition coefficient (Wildman–Crippen LogP) is 3.64. The van der Waals surface area contributed by atoms with Crippen molar-refractivity contribution in [2.45, 2.75) is 13.8 Å². The van der Waals surface area contributed by atoms with Crippen LogP contribution in [0.5, 0.6) is 5.75 Å². The minimum absolute atomic E-state index is 0.0815. The topological polar surface area (TPSA) is 99.5 Å². The van der Waals surface area contributed by atoms with Gasteiger partial charge in [-0.1, -0.05) is 35.3 Å². The Morgan fingerprint density at radius 1 is 1.18 bits per heavy atom. The molecule has 3 N–H and O–H groups in total. The molecule has 7 nitrogen and oxygen atoms in total.